The second-order valence-electron chi connectivity index (χ2n) is 6.19. The molecule has 17 heavy (non-hydrogen) atoms. The predicted molar refractivity (Wildman–Crippen MR) is 75.1 cm³/mol. The Morgan fingerprint density at radius 3 is 1.59 bits per heavy atom. The van der Waals surface area contributed by atoms with Crippen LogP contribution in [0.4, 0.5) is 0 Å². The third-order valence-electron chi connectivity index (χ3n) is 4.81. The van der Waals surface area contributed by atoms with Crippen molar-refractivity contribution in [2.24, 2.45) is 11.8 Å². The van der Waals surface area contributed by atoms with Crippen LogP contribution in [-0.2, 0) is 0 Å². The van der Waals surface area contributed by atoms with Crippen molar-refractivity contribution >= 4 is 7.98 Å². The average Bonchev–Trinajstić information content (AvgIpc) is 3.09. The summed E-state index contributed by atoms with van der Waals surface area (Å²) in [5.74, 6) is 1.87. The van der Waals surface area contributed by atoms with E-state index in [0.29, 0.717) is 6.04 Å². The molecule has 0 aromatic rings. The summed E-state index contributed by atoms with van der Waals surface area (Å²) >= 11 is 0. The molecule has 0 amide bonds. The third-order valence-corrected chi connectivity index (χ3v) is 4.81. The van der Waals surface area contributed by atoms with E-state index in [9.17, 15) is 0 Å². The van der Waals surface area contributed by atoms with Gasteiger partial charge in [-0.1, -0.05) is 70.6 Å². The van der Waals surface area contributed by atoms with Gasteiger partial charge in [-0.3, -0.25) is 0 Å². The van der Waals surface area contributed by atoms with Gasteiger partial charge in [-0.05, 0) is 24.3 Å². The molecular weight excluding hydrogens is 205 g/mol. The molecule has 0 bridgehead atoms. The highest BCUT2D eigenvalue weighted by atomic mass is 14.9. The average molecular weight is 233 g/mol. The molecule has 1 N–H and O–H groups in total. The molecule has 1 nitrogen and oxygen atoms in total. The van der Waals surface area contributed by atoms with Gasteiger partial charge in [0.15, 0.2) is 7.98 Å². The van der Waals surface area contributed by atoms with Crippen molar-refractivity contribution < 1.29 is 0 Å². The summed E-state index contributed by atoms with van der Waals surface area (Å²) in [4.78, 5) is 0. The summed E-state index contributed by atoms with van der Waals surface area (Å²) in [6.07, 6.45) is 17.5. The summed E-state index contributed by atoms with van der Waals surface area (Å²) < 4.78 is 0. The minimum absolute atomic E-state index is 0.646. The Labute approximate surface area is 109 Å². The summed E-state index contributed by atoms with van der Waals surface area (Å²) in [5.41, 5.74) is 0. The van der Waals surface area contributed by atoms with Gasteiger partial charge in [0.05, 0.1) is 0 Å². The van der Waals surface area contributed by atoms with Gasteiger partial charge in [-0.15, -0.1) is 0 Å². The minimum atomic E-state index is 0.646. The fourth-order valence-electron chi connectivity index (χ4n) is 3.55. The van der Waals surface area contributed by atoms with Crippen LogP contribution in [0.5, 0.6) is 0 Å². The second kappa shape index (κ2) is 7.46. The summed E-state index contributed by atoms with van der Waals surface area (Å²) in [5, 5.41) is 2.97. The number of hydrogen-bond donors (Lipinski definition) is 1. The molecule has 0 aliphatic heterocycles. The lowest BCUT2D eigenvalue weighted by Crippen LogP contribution is -2.17. The molecule has 0 aromatic carbocycles. The molecule has 0 spiro atoms. The normalized spacial score (nSPS) is 33.6. The first-order valence-corrected chi connectivity index (χ1v) is 7.88. The van der Waals surface area contributed by atoms with Gasteiger partial charge in [0.1, 0.15) is 0 Å². The smallest absolute Gasteiger partial charge is 0.178 e. The Balaban J connectivity index is 1.73. The molecule has 0 heterocycles. The standard InChI is InChI=1S/C15H28BN/c16-17-15-12-14(15)13-10-8-6-4-2-1-3-5-7-9-11-13/h13-15,17H,1-12H2. The van der Waals surface area contributed by atoms with Crippen LogP contribution in [0.1, 0.15) is 77.0 Å². The van der Waals surface area contributed by atoms with E-state index in [-0.39, 0.29) is 0 Å². The molecule has 2 aliphatic rings. The molecule has 2 radical (unpaired) electrons. The maximum atomic E-state index is 5.55. The van der Waals surface area contributed by atoms with Crippen LogP contribution in [0.15, 0.2) is 0 Å². The molecule has 2 atom stereocenters. The summed E-state index contributed by atoms with van der Waals surface area (Å²) in [6, 6.07) is 0.646. The van der Waals surface area contributed by atoms with E-state index >= 15 is 0 Å². The van der Waals surface area contributed by atoms with Gasteiger partial charge in [-0.2, -0.15) is 0 Å². The SMILES string of the molecule is [B]NC1CC1C1CCCCCCCCCCC1. The van der Waals surface area contributed by atoms with E-state index in [1.165, 1.54) is 77.0 Å². The van der Waals surface area contributed by atoms with Gasteiger partial charge in [0.2, 0.25) is 0 Å². The first kappa shape index (κ1) is 13.5. The molecule has 2 saturated carbocycles. The van der Waals surface area contributed by atoms with E-state index in [0.717, 1.165) is 11.8 Å². The highest BCUT2D eigenvalue weighted by Gasteiger charge is 2.40. The topological polar surface area (TPSA) is 12.0 Å². The van der Waals surface area contributed by atoms with Crippen molar-refractivity contribution in [3.8, 4) is 0 Å². The Kier molecular flexibility index (Phi) is 5.90. The maximum Gasteiger partial charge on any atom is 0.178 e. The molecule has 96 valence electrons. The first-order chi connectivity index (χ1) is 8.42. The first-order valence-electron chi connectivity index (χ1n) is 7.88. The van der Waals surface area contributed by atoms with Crippen LogP contribution < -0.4 is 5.23 Å². The van der Waals surface area contributed by atoms with Gasteiger partial charge in [0.25, 0.3) is 0 Å². The van der Waals surface area contributed by atoms with Crippen LogP contribution in [0.25, 0.3) is 0 Å². The van der Waals surface area contributed by atoms with E-state index in [1.807, 2.05) is 0 Å². The molecule has 2 unspecified atom stereocenters. The number of nitrogens with one attached hydrogen (secondary N) is 1. The van der Waals surface area contributed by atoms with Crippen molar-refractivity contribution in [3.63, 3.8) is 0 Å². The van der Waals surface area contributed by atoms with Gasteiger partial charge in [0, 0.05) is 0 Å². The molecular formula is C15H28BN. The zero-order chi connectivity index (χ0) is 11.9. The zero-order valence-corrected chi connectivity index (χ0v) is 11.3. The van der Waals surface area contributed by atoms with Crippen molar-refractivity contribution in [2.75, 3.05) is 0 Å². The van der Waals surface area contributed by atoms with Crippen LogP contribution in [0, 0.1) is 11.8 Å². The molecule has 0 saturated heterocycles. The van der Waals surface area contributed by atoms with Crippen LogP contribution in [-0.4, -0.2) is 14.0 Å². The second-order valence-corrected chi connectivity index (χ2v) is 6.19. The Hall–Kier alpha value is 0.0249. The Morgan fingerprint density at radius 1 is 0.706 bits per heavy atom. The minimum Gasteiger partial charge on any atom is -0.363 e. The predicted octanol–water partition coefficient (Wildman–Crippen LogP) is 3.97. The van der Waals surface area contributed by atoms with Gasteiger partial charge in [-0.25, -0.2) is 0 Å². The number of hydrogen-bond acceptors (Lipinski definition) is 1. The molecule has 0 aromatic heterocycles. The van der Waals surface area contributed by atoms with E-state index < -0.39 is 0 Å². The fraction of sp³-hybridized carbons (Fsp3) is 1.00. The fourth-order valence-corrected chi connectivity index (χ4v) is 3.55. The monoisotopic (exact) mass is 233 g/mol. The quantitative estimate of drug-likeness (QED) is 0.711. The van der Waals surface area contributed by atoms with Crippen LogP contribution in [0.3, 0.4) is 0 Å². The summed E-state index contributed by atoms with van der Waals surface area (Å²) in [6.45, 7) is 0. The van der Waals surface area contributed by atoms with Crippen molar-refractivity contribution in [3.05, 3.63) is 0 Å². The number of rotatable bonds is 2. The van der Waals surface area contributed by atoms with Crippen molar-refractivity contribution in [1.82, 2.24) is 5.23 Å². The van der Waals surface area contributed by atoms with Crippen molar-refractivity contribution in [1.29, 1.82) is 0 Å². The molecule has 2 aliphatic carbocycles. The van der Waals surface area contributed by atoms with Crippen molar-refractivity contribution in [2.45, 2.75) is 83.1 Å². The summed E-state index contributed by atoms with van der Waals surface area (Å²) in [7, 11) is 5.55. The van der Waals surface area contributed by atoms with Crippen LogP contribution >= 0.6 is 0 Å². The van der Waals surface area contributed by atoms with E-state index in [1.54, 1.807) is 0 Å². The van der Waals surface area contributed by atoms with Gasteiger partial charge >= 0.3 is 0 Å². The van der Waals surface area contributed by atoms with Gasteiger partial charge < -0.3 is 5.23 Å². The van der Waals surface area contributed by atoms with Crippen LogP contribution in [0.2, 0.25) is 0 Å². The highest BCUT2D eigenvalue weighted by Crippen LogP contribution is 2.42. The molecule has 2 heteroatoms. The van der Waals surface area contributed by atoms with E-state index in [4.69, 9.17) is 7.98 Å². The zero-order valence-electron chi connectivity index (χ0n) is 11.3. The molecule has 2 fully saturated rings. The highest BCUT2D eigenvalue weighted by molar-refractivity contribution is 6.04. The molecule has 2 rings (SSSR count). The lowest BCUT2D eigenvalue weighted by molar-refractivity contribution is 0.350. The van der Waals surface area contributed by atoms with E-state index in [2.05, 4.69) is 5.23 Å². The Morgan fingerprint density at radius 2 is 1.18 bits per heavy atom. The third kappa shape index (κ3) is 4.65. The maximum absolute atomic E-state index is 5.55. The lowest BCUT2D eigenvalue weighted by Gasteiger charge is -2.18. The lowest BCUT2D eigenvalue weighted by atomic mass is 9.89. The Bertz CT molecular complexity index is 195. The largest absolute Gasteiger partial charge is 0.363 e.